The van der Waals surface area contributed by atoms with Crippen molar-refractivity contribution in [2.24, 2.45) is 7.05 Å². The van der Waals surface area contributed by atoms with Crippen LogP contribution < -0.4 is 5.32 Å². The summed E-state index contributed by atoms with van der Waals surface area (Å²) in [5.74, 6) is 1.20. The Labute approximate surface area is 166 Å². The van der Waals surface area contributed by atoms with Gasteiger partial charge in [0.05, 0.1) is 16.7 Å². The van der Waals surface area contributed by atoms with Crippen LogP contribution in [-0.4, -0.2) is 37.4 Å². The van der Waals surface area contributed by atoms with E-state index < -0.39 is 0 Å². The van der Waals surface area contributed by atoms with E-state index in [2.05, 4.69) is 31.7 Å². The van der Waals surface area contributed by atoms with Crippen LogP contribution in [0.5, 0.6) is 0 Å². The molecule has 0 radical (unpaired) electrons. The fourth-order valence-corrected chi connectivity index (χ4v) is 3.33. The van der Waals surface area contributed by atoms with Crippen LogP contribution in [0.25, 0.3) is 22.3 Å². The van der Waals surface area contributed by atoms with Gasteiger partial charge in [-0.2, -0.15) is 10.2 Å². The molecule has 2 aromatic heterocycles. The van der Waals surface area contributed by atoms with Crippen LogP contribution in [0.15, 0.2) is 42.6 Å². The summed E-state index contributed by atoms with van der Waals surface area (Å²) in [7, 11) is 1.86. The molecule has 2 heterocycles. The highest BCUT2D eigenvalue weighted by Gasteiger charge is 2.15. The standard InChI is InChI=1S/C20H19ClN6O/c1-3-22-20(28)13-5-6-15(16(21)10-13)19-24-18(27(2)26-19)9-12-4-7-17-14(8-12)11-23-25-17/h4-8,10-11H,3,9H2,1-2H3,(H,22,28)(H,23,25). The minimum absolute atomic E-state index is 0.153. The van der Waals surface area contributed by atoms with Gasteiger partial charge in [0.15, 0.2) is 5.82 Å². The smallest absolute Gasteiger partial charge is 0.251 e. The van der Waals surface area contributed by atoms with E-state index in [1.807, 2.05) is 26.1 Å². The highest BCUT2D eigenvalue weighted by molar-refractivity contribution is 6.33. The van der Waals surface area contributed by atoms with Crippen molar-refractivity contribution >= 4 is 28.4 Å². The lowest BCUT2D eigenvalue weighted by Gasteiger charge is -2.05. The third-order valence-corrected chi connectivity index (χ3v) is 4.84. The molecule has 142 valence electrons. The topological polar surface area (TPSA) is 88.5 Å². The number of halogens is 1. The van der Waals surface area contributed by atoms with Gasteiger partial charge in [-0.1, -0.05) is 17.7 Å². The molecular formula is C20H19ClN6O. The summed E-state index contributed by atoms with van der Waals surface area (Å²) in [5, 5.41) is 15.8. The largest absolute Gasteiger partial charge is 0.352 e. The predicted molar refractivity (Wildman–Crippen MR) is 108 cm³/mol. The van der Waals surface area contributed by atoms with Gasteiger partial charge in [-0.25, -0.2) is 4.98 Å². The summed E-state index contributed by atoms with van der Waals surface area (Å²) in [5.41, 5.74) is 3.33. The molecule has 0 aliphatic carbocycles. The molecule has 0 aliphatic heterocycles. The molecule has 4 rings (SSSR count). The summed E-state index contributed by atoms with van der Waals surface area (Å²) in [4.78, 5) is 16.6. The first kappa shape index (κ1) is 18.2. The van der Waals surface area contributed by atoms with E-state index in [0.717, 1.165) is 22.3 Å². The second-order valence-electron chi connectivity index (χ2n) is 6.50. The van der Waals surface area contributed by atoms with Crippen LogP contribution in [0.4, 0.5) is 0 Å². The lowest BCUT2D eigenvalue weighted by atomic mass is 10.1. The van der Waals surface area contributed by atoms with Crippen molar-refractivity contribution in [2.75, 3.05) is 6.54 Å². The van der Waals surface area contributed by atoms with Crippen molar-refractivity contribution in [1.29, 1.82) is 0 Å². The molecule has 2 aromatic carbocycles. The zero-order valence-electron chi connectivity index (χ0n) is 15.5. The molecule has 0 aliphatic rings. The van der Waals surface area contributed by atoms with Crippen molar-refractivity contribution in [3.8, 4) is 11.4 Å². The Bertz CT molecular complexity index is 1160. The molecule has 4 aromatic rings. The predicted octanol–water partition coefficient (Wildman–Crippen LogP) is 3.35. The van der Waals surface area contributed by atoms with Crippen molar-refractivity contribution in [3.63, 3.8) is 0 Å². The fraction of sp³-hybridized carbons (Fsp3) is 0.200. The van der Waals surface area contributed by atoms with Crippen LogP contribution in [0.3, 0.4) is 0 Å². The second kappa shape index (κ2) is 7.44. The third-order valence-electron chi connectivity index (χ3n) is 4.53. The average molecular weight is 395 g/mol. The monoisotopic (exact) mass is 394 g/mol. The number of H-pyrrole nitrogens is 1. The SMILES string of the molecule is CCNC(=O)c1ccc(-c2nc(Cc3ccc4[nH]ncc4c3)n(C)n2)c(Cl)c1. The van der Waals surface area contributed by atoms with E-state index in [4.69, 9.17) is 11.6 Å². The van der Waals surface area contributed by atoms with E-state index in [9.17, 15) is 4.79 Å². The third kappa shape index (κ3) is 3.48. The number of aromatic amines is 1. The summed E-state index contributed by atoms with van der Waals surface area (Å²) < 4.78 is 1.75. The number of carbonyl (C=O) groups excluding carboxylic acids is 1. The van der Waals surface area contributed by atoms with Crippen molar-refractivity contribution < 1.29 is 4.79 Å². The fourth-order valence-electron chi connectivity index (χ4n) is 3.07. The number of carbonyl (C=O) groups is 1. The van der Waals surface area contributed by atoms with Gasteiger partial charge in [-0.05, 0) is 42.8 Å². The van der Waals surface area contributed by atoms with Crippen molar-refractivity contribution in [2.45, 2.75) is 13.3 Å². The minimum Gasteiger partial charge on any atom is -0.352 e. The van der Waals surface area contributed by atoms with Crippen LogP contribution in [0.1, 0.15) is 28.7 Å². The molecule has 0 saturated heterocycles. The molecule has 0 fully saturated rings. The number of aryl methyl sites for hydroxylation is 1. The van der Waals surface area contributed by atoms with E-state index >= 15 is 0 Å². The Hall–Kier alpha value is -3.19. The first-order valence-corrected chi connectivity index (χ1v) is 9.33. The normalized spacial score (nSPS) is 11.1. The summed E-state index contributed by atoms with van der Waals surface area (Å²) in [6, 6.07) is 11.3. The number of fused-ring (bicyclic) bond motifs is 1. The number of hydrogen-bond acceptors (Lipinski definition) is 4. The van der Waals surface area contributed by atoms with E-state index in [1.54, 1.807) is 29.1 Å². The number of hydrogen-bond donors (Lipinski definition) is 2. The molecule has 8 heteroatoms. The summed E-state index contributed by atoms with van der Waals surface area (Å²) in [6.45, 7) is 2.44. The number of nitrogens with zero attached hydrogens (tertiary/aromatic N) is 4. The molecule has 0 bridgehead atoms. The first-order chi connectivity index (χ1) is 13.5. The van der Waals surface area contributed by atoms with E-state index in [0.29, 0.717) is 34.9 Å². The highest BCUT2D eigenvalue weighted by Crippen LogP contribution is 2.27. The Balaban J connectivity index is 1.61. The summed E-state index contributed by atoms with van der Waals surface area (Å²) in [6.07, 6.45) is 2.44. The number of nitrogens with one attached hydrogen (secondary N) is 2. The molecule has 7 nitrogen and oxygen atoms in total. The maximum Gasteiger partial charge on any atom is 0.251 e. The molecule has 1 amide bonds. The highest BCUT2D eigenvalue weighted by atomic mass is 35.5. The summed E-state index contributed by atoms with van der Waals surface area (Å²) >= 11 is 6.40. The number of benzene rings is 2. The molecule has 28 heavy (non-hydrogen) atoms. The quantitative estimate of drug-likeness (QED) is 0.543. The minimum atomic E-state index is -0.153. The van der Waals surface area contributed by atoms with Crippen LogP contribution in [0, 0.1) is 0 Å². The van der Waals surface area contributed by atoms with Gasteiger partial charge in [0, 0.05) is 36.5 Å². The van der Waals surface area contributed by atoms with Gasteiger partial charge in [-0.15, -0.1) is 0 Å². The molecule has 0 saturated carbocycles. The van der Waals surface area contributed by atoms with E-state index in [-0.39, 0.29) is 5.91 Å². The average Bonchev–Trinajstić information content (AvgIpc) is 3.28. The van der Waals surface area contributed by atoms with Crippen LogP contribution in [0.2, 0.25) is 5.02 Å². The molecule has 0 atom stereocenters. The molecular weight excluding hydrogens is 376 g/mol. The first-order valence-electron chi connectivity index (χ1n) is 8.95. The van der Waals surface area contributed by atoms with Gasteiger partial charge < -0.3 is 5.32 Å². The molecule has 0 spiro atoms. The van der Waals surface area contributed by atoms with E-state index in [1.165, 1.54) is 0 Å². The number of amides is 1. The van der Waals surface area contributed by atoms with Gasteiger partial charge >= 0.3 is 0 Å². The van der Waals surface area contributed by atoms with Crippen molar-refractivity contribution in [3.05, 3.63) is 64.6 Å². The van der Waals surface area contributed by atoms with Gasteiger partial charge in [0.2, 0.25) is 0 Å². The molecule has 2 N–H and O–H groups in total. The Kier molecular flexibility index (Phi) is 4.83. The lowest BCUT2D eigenvalue weighted by Crippen LogP contribution is -2.22. The Morgan fingerprint density at radius 1 is 1.25 bits per heavy atom. The zero-order valence-corrected chi connectivity index (χ0v) is 16.3. The van der Waals surface area contributed by atoms with Gasteiger partial charge in [0.25, 0.3) is 5.91 Å². The van der Waals surface area contributed by atoms with Crippen molar-refractivity contribution in [1.82, 2.24) is 30.3 Å². The van der Waals surface area contributed by atoms with Crippen LogP contribution in [-0.2, 0) is 13.5 Å². The zero-order chi connectivity index (χ0) is 19.7. The Morgan fingerprint density at radius 2 is 2.11 bits per heavy atom. The van der Waals surface area contributed by atoms with Crippen LogP contribution >= 0.6 is 11.6 Å². The second-order valence-corrected chi connectivity index (χ2v) is 6.90. The molecule has 0 unspecified atom stereocenters. The maximum atomic E-state index is 12.0. The van der Waals surface area contributed by atoms with Gasteiger partial charge in [0.1, 0.15) is 5.82 Å². The number of aromatic nitrogens is 5. The number of rotatable bonds is 5. The van der Waals surface area contributed by atoms with Gasteiger partial charge in [-0.3, -0.25) is 14.6 Å². The Morgan fingerprint density at radius 3 is 2.89 bits per heavy atom. The maximum absolute atomic E-state index is 12.0. The lowest BCUT2D eigenvalue weighted by molar-refractivity contribution is 0.0956.